The van der Waals surface area contributed by atoms with E-state index in [1.54, 1.807) is 32.1 Å². The van der Waals surface area contributed by atoms with Crippen LogP contribution in [0.3, 0.4) is 0 Å². The second-order valence-corrected chi connectivity index (χ2v) is 10.1. The van der Waals surface area contributed by atoms with E-state index in [9.17, 15) is 14.4 Å². The maximum Gasteiger partial charge on any atom is 0.326 e. The van der Waals surface area contributed by atoms with Gasteiger partial charge in [0.15, 0.2) is 11.5 Å². The maximum absolute atomic E-state index is 12.8. The molecule has 3 aromatic rings. The minimum absolute atomic E-state index is 0.204. The van der Waals surface area contributed by atoms with Crippen LogP contribution in [-0.4, -0.2) is 41.8 Å². The number of ether oxygens (including phenoxy) is 3. The predicted octanol–water partition coefficient (Wildman–Crippen LogP) is 6.18. The number of methoxy groups -OCH3 is 1. The van der Waals surface area contributed by atoms with Gasteiger partial charge in [0, 0.05) is 0 Å². The molecule has 1 heterocycles. The standard InChI is InChI=1S/C27H24BrNO6S/c1-16(2)35-24(30)14-29-26(31)23(36-27(29)32)13-17-11-21(28)25(22(12-17)33-3)34-15-19-9-6-8-18-7-4-5-10-20(18)19/h4-13,16H,14-15H2,1-3H3/b23-13-. The van der Waals surface area contributed by atoms with Crippen molar-refractivity contribution in [2.24, 2.45) is 0 Å². The molecule has 0 saturated carbocycles. The van der Waals surface area contributed by atoms with E-state index >= 15 is 0 Å². The van der Waals surface area contributed by atoms with Gasteiger partial charge in [-0.3, -0.25) is 19.3 Å². The van der Waals surface area contributed by atoms with Crippen molar-refractivity contribution in [3.8, 4) is 11.5 Å². The molecule has 2 amide bonds. The summed E-state index contributed by atoms with van der Waals surface area (Å²) in [6, 6.07) is 17.7. The fourth-order valence-electron chi connectivity index (χ4n) is 3.75. The maximum atomic E-state index is 12.8. The Labute approximate surface area is 221 Å². The number of benzene rings is 3. The minimum Gasteiger partial charge on any atom is -0.493 e. The van der Waals surface area contributed by atoms with Crippen LogP contribution in [-0.2, 0) is 20.9 Å². The van der Waals surface area contributed by atoms with Crippen molar-refractivity contribution in [3.63, 3.8) is 0 Å². The molecule has 0 radical (unpaired) electrons. The molecule has 3 aromatic carbocycles. The van der Waals surface area contributed by atoms with Gasteiger partial charge in [-0.2, -0.15) is 0 Å². The summed E-state index contributed by atoms with van der Waals surface area (Å²) in [5.74, 6) is -0.189. The Kier molecular flexibility index (Phi) is 8.01. The van der Waals surface area contributed by atoms with Crippen LogP contribution in [0.5, 0.6) is 11.5 Å². The van der Waals surface area contributed by atoms with Crippen LogP contribution in [0.15, 0.2) is 64.0 Å². The normalized spacial score (nSPS) is 14.7. The number of nitrogens with zero attached hydrogens (tertiary/aromatic N) is 1. The van der Waals surface area contributed by atoms with Gasteiger partial charge in [0.2, 0.25) is 0 Å². The topological polar surface area (TPSA) is 82.1 Å². The zero-order chi connectivity index (χ0) is 25.8. The van der Waals surface area contributed by atoms with Crippen molar-refractivity contribution in [3.05, 3.63) is 75.1 Å². The van der Waals surface area contributed by atoms with E-state index in [-0.39, 0.29) is 11.0 Å². The number of imide groups is 1. The van der Waals surface area contributed by atoms with Gasteiger partial charge >= 0.3 is 5.97 Å². The van der Waals surface area contributed by atoms with Crippen LogP contribution in [0.25, 0.3) is 16.8 Å². The van der Waals surface area contributed by atoms with Gasteiger partial charge in [0.05, 0.1) is 22.6 Å². The van der Waals surface area contributed by atoms with Crippen molar-refractivity contribution >= 4 is 61.7 Å². The molecule has 0 spiro atoms. The summed E-state index contributed by atoms with van der Waals surface area (Å²) in [7, 11) is 1.53. The highest BCUT2D eigenvalue weighted by atomic mass is 79.9. The largest absolute Gasteiger partial charge is 0.493 e. The number of amides is 2. The van der Waals surface area contributed by atoms with Crippen molar-refractivity contribution < 1.29 is 28.6 Å². The third-order valence-corrected chi connectivity index (χ3v) is 6.83. The van der Waals surface area contributed by atoms with Crippen molar-refractivity contribution in [1.82, 2.24) is 4.90 Å². The summed E-state index contributed by atoms with van der Waals surface area (Å²) in [4.78, 5) is 38.1. The van der Waals surface area contributed by atoms with Crippen LogP contribution in [0.1, 0.15) is 25.0 Å². The quantitative estimate of drug-likeness (QED) is 0.236. The zero-order valence-electron chi connectivity index (χ0n) is 19.9. The van der Waals surface area contributed by atoms with Crippen molar-refractivity contribution in [2.45, 2.75) is 26.6 Å². The third kappa shape index (κ3) is 5.74. The lowest BCUT2D eigenvalue weighted by atomic mass is 10.1. The number of fused-ring (bicyclic) bond motifs is 1. The highest BCUT2D eigenvalue weighted by molar-refractivity contribution is 9.10. The Morgan fingerprint density at radius 2 is 1.86 bits per heavy atom. The van der Waals surface area contributed by atoms with Crippen molar-refractivity contribution in [1.29, 1.82) is 0 Å². The Balaban J connectivity index is 1.53. The molecule has 1 saturated heterocycles. The number of halogens is 1. The first-order valence-electron chi connectivity index (χ1n) is 11.2. The first kappa shape index (κ1) is 25.8. The molecule has 1 aliphatic heterocycles. The van der Waals surface area contributed by atoms with E-state index in [4.69, 9.17) is 14.2 Å². The number of rotatable bonds is 8. The number of hydrogen-bond acceptors (Lipinski definition) is 7. The van der Waals surface area contributed by atoms with Crippen LogP contribution < -0.4 is 9.47 Å². The Morgan fingerprint density at radius 3 is 2.61 bits per heavy atom. The van der Waals surface area contributed by atoms with E-state index in [1.807, 2.05) is 24.3 Å². The second kappa shape index (κ2) is 11.2. The smallest absolute Gasteiger partial charge is 0.326 e. The molecule has 1 fully saturated rings. The highest BCUT2D eigenvalue weighted by Crippen LogP contribution is 2.39. The molecule has 4 rings (SSSR count). The number of thioether (sulfide) groups is 1. The van der Waals surface area contributed by atoms with E-state index in [0.29, 0.717) is 28.1 Å². The summed E-state index contributed by atoms with van der Waals surface area (Å²) in [5.41, 5.74) is 1.67. The van der Waals surface area contributed by atoms with Crippen LogP contribution >= 0.6 is 27.7 Å². The Hall–Kier alpha value is -3.30. The van der Waals surface area contributed by atoms with E-state index in [0.717, 1.165) is 33.0 Å². The van der Waals surface area contributed by atoms with Gasteiger partial charge in [-0.15, -0.1) is 0 Å². The van der Waals surface area contributed by atoms with Gasteiger partial charge in [0.25, 0.3) is 11.1 Å². The summed E-state index contributed by atoms with van der Waals surface area (Å²) >= 11 is 4.31. The van der Waals surface area contributed by atoms with E-state index in [2.05, 4.69) is 34.1 Å². The molecular formula is C27H24BrNO6S. The lowest BCUT2D eigenvalue weighted by Gasteiger charge is -2.15. The molecular weight excluding hydrogens is 546 g/mol. The summed E-state index contributed by atoms with van der Waals surface area (Å²) in [6.07, 6.45) is 1.25. The molecule has 7 nitrogen and oxygen atoms in total. The summed E-state index contributed by atoms with van der Waals surface area (Å²) in [5, 5.41) is 1.72. The molecule has 186 valence electrons. The number of carbonyl (C=O) groups excluding carboxylic acids is 3. The molecule has 36 heavy (non-hydrogen) atoms. The van der Waals surface area contributed by atoms with Gasteiger partial charge in [-0.05, 0) is 81.6 Å². The highest BCUT2D eigenvalue weighted by Gasteiger charge is 2.36. The Morgan fingerprint density at radius 1 is 1.11 bits per heavy atom. The molecule has 0 aromatic heterocycles. The molecule has 9 heteroatoms. The monoisotopic (exact) mass is 569 g/mol. The minimum atomic E-state index is -0.634. The molecule has 0 aliphatic carbocycles. The van der Waals surface area contributed by atoms with Crippen LogP contribution in [0.4, 0.5) is 4.79 Å². The average Bonchev–Trinajstić information content (AvgIpc) is 3.09. The lowest BCUT2D eigenvalue weighted by Crippen LogP contribution is -2.35. The fraction of sp³-hybridized carbons (Fsp3) is 0.222. The van der Waals surface area contributed by atoms with Crippen LogP contribution in [0.2, 0.25) is 0 Å². The summed E-state index contributed by atoms with van der Waals surface area (Å²) in [6.45, 7) is 3.31. The molecule has 0 unspecified atom stereocenters. The molecule has 0 atom stereocenters. The fourth-order valence-corrected chi connectivity index (χ4v) is 5.16. The van der Waals surface area contributed by atoms with Gasteiger partial charge < -0.3 is 14.2 Å². The molecule has 0 N–H and O–H groups in total. The van der Waals surface area contributed by atoms with Crippen molar-refractivity contribution in [2.75, 3.05) is 13.7 Å². The average molecular weight is 570 g/mol. The number of carbonyl (C=O) groups is 3. The van der Waals surface area contributed by atoms with Crippen LogP contribution in [0, 0.1) is 0 Å². The predicted molar refractivity (Wildman–Crippen MR) is 143 cm³/mol. The summed E-state index contributed by atoms with van der Waals surface area (Å²) < 4.78 is 17.4. The third-order valence-electron chi connectivity index (χ3n) is 5.33. The number of esters is 1. The lowest BCUT2D eigenvalue weighted by molar-refractivity contribution is -0.149. The first-order valence-corrected chi connectivity index (χ1v) is 12.8. The van der Waals surface area contributed by atoms with Gasteiger partial charge in [0.1, 0.15) is 13.2 Å². The zero-order valence-corrected chi connectivity index (χ0v) is 22.4. The van der Waals surface area contributed by atoms with Gasteiger partial charge in [-0.25, -0.2) is 0 Å². The first-order chi connectivity index (χ1) is 17.3. The Bertz CT molecular complexity index is 1360. The second-order valence-electron chi connectivity index (χ2n) is 8.27. The van der Waals surface area contributed by atoms with Gasteiger partial charge in [-0.1, -0.05) is 42.5 Å². The van der Waals surface area contributed by atoms with E-state index in [1.165, 1.54) is 7.11 Å². The molecule has 0 bridgehead atoms. The number of hydrogen-bond donors (Lipinski definition) is 0. The molecule has 1 aliphatic rings. The van der Waals surface area contributed by atoms with E-state index < -0.39 is 23.7 Å². The SMILES string of the molecule is COc1cc(/C=C2\SC(=O)N(CC(=O)OC(C)C)C2=O)cc(Br)c1OCc1cccc2ccccc12.